The van der Waals surface area contributed by atoms with Crippen LogP contribution in [0.2, 0.25) is 0 Å². The van der Waals surface area contributed by atoms with Gasteiger partial charge in [-0.3, -0.25) is 20.2 Å². The maximum Gasteiger partial charge on any atom is 0.314 e. The summed E-state index contributed by atoms with van der Waals surface area (Å²) < 4.78 is 20.5. The zero-order valence-electron chi connectivity index (χ0n) is 19.5. The molecule has 0 aliphatic carbocycles. The van der Waals surface area contributed by atoms with Crippen molar-refractivity contribution in [3.05, 3.63) is 62.7 Å². The lowest BCUT2D eigenvalue weighted by Crippen LogP contribution is -2.27. The Bertz CT molecular complexity index is 896. The number of ether oxygens (including phenoxy) is 4. The van der Waals surface area contributed by atoms with Gasteiger partial charge in [0.25, 0.3) is 5.69 Å². The van der Waals surface area contributed by atoms with Crippen molar-refractivity contribution in [2.24, 2.45) is 0 Å². The van der Waals surface area contributed by atoms with Gasteiger partial charge in [-0.2, -0.15) is 0 Å². The van der Waals surface area contributed by atoms with Gasteiger partial charge in [-0.25, -0.2) is 0 Å². The van der Waals surface area contributed by atoms with E-state index in [9.17, 15) is 20.2 Å². The van der Waals surface area contributed by atoms with Crippen LogP contribution < -0.4 is 14.2 Å². The molecule has 0 heterocycles. The second-order valence-corrected chi connectivity index (χ2v) is 6.96. The van der Waals surface area contributed by atoms with Crippen molar-refractivity contribution >= 4 is 23.0 Å². The van der Waals surface area contributed by atoms with E-state index in [1.54, 1.807) is 24.3 Å². The van der Waals surface area contributed by atoms with Crippen molar-refractivity contribution in [3.63, 3.8) is 0 Å². The summed E-state index contributed by atoms with van der Waals surface area (Å²) in [6.45, 7) is 7.82. The summed E-state index contributed by atoms with van der Waals surface area (Å²) in [6, 6.07) is 10.5. The zero-order valence-corrected chi connectivity index (χ0v) is 20.2. The van der Waals surface area contributed by atoms with Gasteiger partial charge in [0.2, 0.25) is 0 Å². The lowest BCUT2D eigenvalue weighted by atomic mass is 10.3. The van der Waals surface area contributed by atoms with Crippen molar-refractivity contribution in [3.8, 4) is 17.2 Å². The highest BCUT2D eigenvalue weighted by molar-refractivity contribution is 6.17. The van der Waals surface area contributed by atoms with E-state index < -0.39 is 9.85 Å². The van der Waals surface area contributed by atoms with Crippen LogP contribution in [0.1, 0.15) is 13.8 Å². The Hall–Kier alpha value is -3.15. The van der Waals surface area contributed by atoms with Gasteiger partial charge in [0, 0.05) is 18.5 Å². The number of nitro benzene ring substituents is 2. The second-order valence-electron chi connectivity index (χ2n) is 6.58. The Morgan fingerprint density at radius 3 is 2.24 bits per heavy atom. The zero-order chi connectivity index (χ0) is 25.3. The molecule has 0 amide bonds. The van der Waals surface area contributed by atoms with Gasteiger partial charge in [0.1, 0.15) is 18.1 Å². The second kappa shape index (κ2) is 16.5. The van der Waals surface area contributed by atoms with Gasteiger partial charge >= 0.3 is 5.69 Å². The van der Waals surface area contributed by atoms with Gasteiger partial charge < -0.3 is 23.8 Å². The van der Waals surface area contributed by atoms with Crippen molar-refractivity contribution in [2.75, 3.05) is 52.6 Å². The number of nitrogens with zero attached hydrogens (tertiary/aromatic N) is 3. The summed E-state index contributed by atoms with van der Waals surface area (Å²) in [6.07, 6.45) is 0. The minimum atomic E-state index is -0.480. The lowest BCUT2D eigenvalue weighted by Gasteiger charge is -2.18. The number of methoxy groups -OCH3 is 1. The molecule has 0 saturated heterocycles. The first-order chi connectivity index (χ1) is 16.4. The predicted octanol–water partition coefficient (Wildman–Crippen LogP) is 4.51. The fourth-order valence-electron chi connectivity index (χ4n) is 2.64. The van der Waals surface area contributed by atoms with E-state index in [0.717, 1.165) is 19.6 Å². The molecule has 0 spiro atoms. The summed E-state index contributed by atoms with van der Waals surface area (Å²) in [4.78, 5) is 22.6. The van der Waals surface area contributed by atoms with Gasteiger partial charge in [-0.1, -0.05) is 19.9 Å². The van der Waals surface area contributed by atoms with Crippen LogP contribution in [-0.4, -0.2) is 67.4 Å². The molecule has 188 valence electrons. The van der Waals surface area contributed by atoms with Gasteiger partial charge in [-0.05, 0) is 31.3 Å². The predicted molar refractivity (Wildman–Crippen MR) is 128 cm³/mol. The minimum absolute atomic E-state index is 0.00940. The van der Waals surface area contributed by atoms with Crippen molar-refractivity contribution in [1.29, 1.82) is 0 Å². The van der Waals surface area contributed by atoms with Crippen LogP contribution >= 0.6 is 11.6 Å². The van der Waals surface area contributed by atoms with Gasteiger partial charge in [0.05, 0.1) is 35.7 Å². The first-order valence-electron chi connectivity index (χ1n) is 10.5. The Balaban J connectivity index is 0.000000350. The van der Waals surface area contributed by atoms with Crippen LogP contribution in [0.15, 0.2) is 42.5 Å². The van der Waals surface area contributed by atoms with E-state index in [2.05, 4.69) is 18.7 Å². The number of benzene rings is 2. The fraction of sp³-hybridized carbons (Fsp3) is 0.455. The molecule has 0 aliphatic heterocycles. The van der Waals surface area contributed by atoms with Gasteiger partial charge in [-0.15, -0.1) is 11.6 Å². The molecule has 2 aromatic rings. The maximum atomic E-state index is 10.9. The number of nitro groups is 2. The molecule has 0 aromatic heterocycles. The molecule has 0 N–H and O–H groups in total. The van der Waals surface area contributed by atoms with Crippen LogP contribution in [0, 0.1) is 20.2 Å². The Kier molecular flexibility index (Phi) is 14.0. The normalized spacial score (nSPS) is 10.3. The third kappa shape index (κ3) is 10.6. The molecule has 11 nitrogen and oxygen atoms in total. The van der Waals surface area contributed by atoms with E-state index in [1.165, 1.54) is 25.3 Å². The van der Waals surface area contributed by atoms with Crippen LogP contribution in [0.4, 0.5) is 11.4 Å². The van der Waals surface area contributed by atoms with Crippen LogP contribution in [-0.2, 0) is 4.74 Å². The number of non-ortho nitro benzene ring substituents is 1. The smallest absolute Gasteiger partial charge is 0.314 e. The Morgan fingerprint density at radius 1 is 0.941 bits per heavy atom. The van der Waals surface area contributed by atoms with Crippen LogP contribution in [0.5, 0.6) is 17.2 Å². The van der Waals surface area contributed by atoms with Crippen molar-refractivity contribution < 1.29 is 28.8 Å². The molecular formula is C22H30ClN3O8. The highest BCUT2D eigenvalue weighted by atomic mass is 35.5. The highest BCUT2D eigenvalue weighted by Gasteiger charge is 2.15. The highest BCUT2D eigenvalue weighted by Crippen LogP contribution is 2.30. The molecule has 2 aromatic carbocycles. The number of hydrogen-bond donors (Lipinski definition) is 0. The Labute approximate surface area is 203 Å². The Morgan fingerprint density at radius 2 is 1.65 bits per heavy atom. The monoisotopic (exact) mass is 499 g/mol. The summed E-state index contributed by atoms with van der Waals surface area (Å²) >= 11 is 5.38. The fourth-order valence-corrected chi connectivity index (χ4v) is 2.75. The van der Waals surface area contributed by atoms with Crippen LogP contribution in [0.3, 0.4) is 0 Å². The first kappa shape index (κ1) is 28.9. The lowest BCUT2D eigenvalue weighted by molar-refractivity contribution is -0.385. The average molecular weight is 500 g/mol. The van der Waals surface area contributed by atoms with Gasteiger partial charge in [0.15, 0.2) is 12.5 Å². The quantitative estimate of drug-likeness (QED) is 0.121. The summed E-state index contributed by atoms with van der Waals surface area (Å²) in [7, 11) is 1.41. The summed E-state index contributed by atoms with van der Waals surface area (Å²) in [5.74, 6) is 1.51. The third-order valence-corrected chi connectivity index (χ3v) is 4.63. The number of rotatable bonds is 14. The largest absolute Gasteiger partial charge is 0.492 e. The molecule has 0 saturated carbocycles. The molecule has 0 radical (unpaired) electrons. The number of hydrogen-bond acceptors (Lipinski definition) is 9. The number of likely N-dealkylation sites (N-methyl/N-ethyl adjacent to an activating group) is 1. The molecular weight excluding hydrogens is 470 g/mol. The molecule has 0 unspecified atom stereocenters. The first-order valence-corrected chi connectivity index (χ1v) is 11.1. The minimum Gasteiger partial charge on any atom is -0.492 e. The average Bonchev–Trinajstić information content (AvgIpc) is 2.85. The molecule has 2 rings (SSSR count). The standard InChI is InChI=1S/C13H20N2O4.C9H10ClNO4/c1-4-14(5-2)8-9-19-11-6-7-13(18-3)12(10-11)15(16)17;10-4-5-14-7-15-9-3-1-2-8(6-9)11(12)13/h6-7,10H,4-5,8-9H2,1-3H3;1-3,6H,4-5,7H2. The van der Waals surface area contributed by atoms with E-state index in [1.807, 2.05) is 0 Å². The number of halogens is 1. The van der Waals surface area contributed by atoms with Crippen LogP contribution in [0.25, 0.3) is 0 Å². The summed E-state index contributed by atoms with van der Waals surface area (Å²) in [5, 5.41) is 21.3. The molecule has 0 aliphatic rings. The van der Waals surface area contributed by atoms with E-state index in [0.29, 0.717) is 30.6 Å². The van der Waals surface area contributed by atoms with E-state index >= 15 is 0 Å². The SMILES string of the molecule is CCN(CC)CCOc1ccc(OC)c([N+](=O)[O-])c1.O=[N+]([O-])c1cccc(OCOCCCl)c1. The molecule has 0 bridgehead atoms. The van der Waals surface area contributed by atoms with E-state index in [4.69, 9.17) is 30.5 Å². The van der Waals surface area contributed by atoms with E-state index in [-0.39, 0.29) is 23.9 Å². The molecule has 0 fully saturated rings. The van der Waals surface area contributed by atoms with Crippen molar-refractivity contribution in [2.45, 2.75) is 13.8 Å². The maximum absolute atomic E-state index is 10.9. The summed E-state index contributed by atoms with van der Waals surface area (Å²) in [5.41, 5.74) is -0.0901. The molecule has 12 heteroatoms. The molecule has 34 heavy (non-hydrogen) atoms. The number of alkyl halides is 1. The van der Waals surface area contributed by atoms with Crippen molar-refractivity contribution in [1.82, 2.24) is 4.90 Å². The molecule has 0 atom stereocenters. The topological polar surface area (TPSA) is 126 Å². The third-order valence-electron chi connectivity index (χ3n) is 4.48.